The summed E-state index contributed by atoms with van der Waals surface area (Å²) in [6.45, 7) is 4.21. The fourth-order valence-corrected chi connectivity index (χ4v) is 9.53. The van der Waals surface area contributed by atoms with Gasteiger partial charge in [0.2, 0.25) is 0 Å². The first kappa shape index (κ1) is 42.8. The Morgan fingerprint density at radius 3 is 1.02 bits per heavy atom. The number of rotatable bonds is 14. The summed E-state index contributed by atoms with van der Waals surface area (Å²) in [6.07, 6.45) is 2.00. The molecule has 322 valence electrons. The van der Waals surface area contributed by atoms with E-state index in [0.717, 1.165) is 56.4 Å². The number of anilines is 6. The minimum atomic E-state index is -0.202. The number of carbonyl (C=O) groups excluding carboxylic acids is 2. The SMILES string of the molecule is COC(=O)CCc1ccc(N(c2ccc(C)cc2)c2ccc(-c3ccc4c(c3)sc3cc(-c5ccc(N(c6ccc(C)cc6)c6ccc(CCC(=O)OC)cc6)cc5)ccc34)cc2)cc1. The Kier molecular flexibility index (Phi) is 12.6. The molecule has 9 aromatic rings. The van der Waals surface area contributed by atoms with Gasteiger partial charge in [0.05, 0.1) is 14.2 Å². The number of fused-ring (bicyclic) bond motifs is 3. The molecule has 0 N–H and O–H groups in total. The molecule has 0 amide bonds. The molecule has 0 bridgehead atoms. The summed E-state index contributed by atoms with van der Waals surface area (Å²) in [5.41, 5.74) is 15.7. The highest BCUT2D eigenvalue weighted by atomic mass is 32.1. The van der Waals surface area contributed by atoms with Crippen LogP contribution in [0.3, 0.4) is 0 Å². The lowest BCUT2D eigenvalue weighted by atomic mass is 10.0. The van der Waals surface area contributed by atoms with E-state index in [0.29, 0.717) is 25.7 Å². The Hall–Kier alpha value is -7.48. The number of hydrogen-bond donors (Lipinski definition) is 0. The molecule has 8 aromatic carbocycles. The molecular formula is C58H50N2O4S. The average molecular weight is 871 g/mol. The lowest BCUT2D eigenvalue weighted by Gasteiger charge is -2.26. The largest absolute Gasteiger partial charge is 0.469 e. The van der Waals surface area contributed by atoms with E-state index in [1.165, 1.54) is 56.6 Å². The van der Waals surface area contributed by atoms with Gasteiger partial charge in [0.15, 0.2) is 0 Å². The molecule has 0 radical (unpaired) electrons. The number of benzene rings is 8. The summed E-state index contributed by atoms with van der Waals surface area (Å²) in [4.78, 5) is 28.0. The summed E-state index contributed by atoms with van der Waals surface area (Å²) in [5.74, 6) is -0.403. The molecule has 0 saturated carbocycles. The molecule has 1 heterocycles. The van der Waals surface area contributed by atoms with Gasteiger partial charge in [0.25, 0.3) is 0 Å². The van der Waals surface area contributed by atoms with Crippen molar-refractivity contribution in [2.75, 3.05) is 24.0 Å². The molecule has 0 spiro atoms. The smallest absolute Gasteiger partial charge is 0.305 e. The first-order chi connectivity index (χ1) is 31.7. The zero-order valence-corrected chi connectivity index (χ0v) is 37.9. The van der Waals surface area contributed by atoms with Crippen LogP contribution in [0.2, 0.25) is 0 Å². The van der Waals surface area contributed by atoms with Gasteiger partial charge >= 0.3 is 11.9 Å². The maximum Gasteiger partial charge on any atom is 0.305 e. The predicted octanol–water partition coefficient (Wildman–Crippen LogP) is 15.2. The van der Waals surface area contributed by atoms with Crippen molar-refractivity contribution in [1.82, 2.24) is 0 Å². The van der Waals surface area contributed by atoms with Gasteiger partial charge in [-0.05, 0) is 145 Å². The molecule has 7 heteroatoms. The minimum absolute atomic E-state index is 0.202. The molecule has 0 aliphatic rings. The van der Waals surface area contributed by atoms with Crippen LogP contribution in [0.15, 0.2) is 182 Å². The molecule has 6 nitrogen and oxygen atoms in total. The molecule has 0 unspecified atom stereocenters. The lowest BCUT2D eigenvalue weighted by molar-refractivity contribution is -0.141. The van der Waals surface area contributed by atoms with Crippen molar-refractivity contribution in [3.63, 3.8) is 0 Å². The lowest BCUT2D eigenvalue weighted by Crippen LogP contribution is -2.10. The standard InChI is InChI=1S/C58H50N2O4S/c1-39-5-21-47(22-6-39)59(49-25-9-41(10-26-49)13-35-57(61)63-3)51-29-15-43(16-30-51)45-19-33-53-54-34-20-46(38-56(54)65-55(53)37-45)44-17-31-52(32-18-44)60(48-23-7-40(2)8-24-48)50-27-11-42(12-28-50)14-36-58(62)64-4/h5-12,15-34,37-38H,13-14,35-36H2,1-4H3. The van der Waals surface area contributed by atoms with E-state index in [2.05, 4.69) is 206 Å². The van der Waals surface area contributed by atoms with Crippen molar-refractivity contribution in [2.24, 2.45) is 0 Å². The Balaban J connectivity index is 0.958. The molecule has 1 aromatic heterocycles. The van der Waals surface area contributed by atoms with Crippen LogP contribution in [0.5, 0.6) is 0 Å². The van der Waals surface area contributed by atoms with Gasteiger partial charge in [-0.1, -0.05) is 108 Å². The summed E-state index contributed by atoms with van der Waals surface area (Å²) in [5, 5.41) is 2.52. The number of carbonyl (C=O) groups is 2. The monoisotopic (exact) mass is 870 g/mol. The summed E-state index contributed by atoms with van der Waals surface area (Å²) < 4.78 is 12.2. The average Bonchev–Trinajstić information content (AvgIpc) is 3.72. The third-order valence-corrected chi connectivity index (χ3v) is 13.2. The molecule has 0 saturated heterocycles. The number of ether oxygens (including phenoxy) is 2. The van der Waals surface area contributed by atoms with Crippen molar-refractivity contribution >= 4 is 77.6 Å². The van der Waals surface area contributed by atoms with Crippen LogP contribution >= 0.6 is 11.3 Å². The second kappa shape index (κ2) is 19.1. The number of thiophene rings is 1. The second-order valence-corrected chi connectivity index (χ2v) is 17.5. The van der Waals surface area contributed by atoms with Crippen molar-refractivity contribution in [1.29, 1.82) is 0 Å². The van der Waals surface area contributed by atoms with Gasteiger partial charge in [0.1, 0.15) is 0 Å². The van der Waals surface area contributed by atoms with Crippen LogP contribution in [-0.4, -0.2) is 26.2 Å². The van der Waals surface area contributed by atoms with E-state index in [1.807, 2.05) is 11.3 Å². The van der Waals surface area contributed by atoms with E-state index < -0.39 is 0 Å². The Labute approximate surface area is 384 Å². The van der Waals surface area contributed by atoms with Gasteiger partial charge in [-0.2, -0.15) is 0 Å². The molecule has 0 atom stereocenters. The van der Waals surface area contributed by atoms with E-state index in [1.54, 1.807) is 0 Å². The van der Waals surface area contributed by atoms with Crippen LogP contribution in [0, 0.1) is 13.8 Å². The molecule has 0 aliphatic carbocycles. The Bertz CT molecular complexity index is 2870. The molecule has 65 heavy (non-hydrogen) atoms. The second-order valence-electron chi connectivity index (χ2n) is 16.4. The zero-order chi connectivity index (χ0) is 44.9. The summed E-state index contributed by atoms with van der Waals surface area (Å²) >= 11 is 1.83. The van der Waals surface area contributed by atoms with Crippen molar-refractivity contribution in [3.8, 4) is 22.3 Å². The number of hydrogen-bond acceptors (Lipinski definition) is 7. The Morgan fingerprint density at radius 1 is 0.400 bits per heavy atom. The molecular weight excluding hydrogens is 821 g/mol. The van der Waals surface area contributed by atoms with Gasteiger partial charge in [-0.3, -0.25) is 9.59 Å². The molecule has 9 rings (SSSR count). The van der Waals surface area contributed by atoms with Gasteiger partial charge in [0, 0.05) is 67.1 Å². The molecule has 0 aliphatic heterocycles. The van der Waals surface area contributed by atoms with Crippen molar-refractivity contribution in [3.05, 3.63) is 204 Å². The van der Waals surface area contributed by atoms with E-state index in [4.69, 9.17) is 9.47 Å². The highest BCUT2D eigenvalue weighted by molar-refractivity contribution is 7.25. The van der Waals surface area contributed by atoms with E-state index in [9.17, 15) is 9.59 Å². The first-order valence-corrected chi connectivity index (χ1v) is 22.8. The normalized spacial score (nSPS) is 11.1. The first-order valence-electron chi connectivity index (χ1n) is 22.0. The molecule has 0 fully saturated rings. The van der Waals surface area contributed by atoms with Gasteiger partial charge in [-0.25, -0.2) is 0 Å². The zero-order valence-electron chi connectivity index (χ0n) is 37.1. The highest BCUT2D eigenvalue weighted by Gasteiger charge is 2.16. The van der Waals surface area contributed by atoms with Crippen LogP contribution in [0.4, 0.5) is 34.1 Å². The topological polar surface area (TPSA) is 59.1 Å². The third kappa shape index (κ3) is 9.57. The number of esters is 2. The minimum Gasteiger partial charge on any atom is -0.469 e. The van der Waals surface area contributed by atoms with Crippen molar-refractivity contribution in [2.45, 2.75) is 39.5 Å². The van der Waals surface area contributed by atoms with Crippen LogP contribution in [-0.2, 0) is 31.9 Å². The van der Waals surface area contributed by atoms with Crippen LogP contribution in [0.25, 0.3) is 42.4 Å². The highest BCUT2D eigenvalue weighted by Crippen LogP contribution is 2.41. The third-order valence-electron chi connectivity index (χ3n) is 12.1. The van der Waals surface area contributed by atoms with Crippen LogP contribution in [0.1, 0.15) is 35.1 Å². The predicted molar refractivity (Wildman–Crippen MR) is 270 cm³/mol. The van der Waals surface area contributed by atoms with E-state index >= 15 is 0 Å². The van der Waals surface area contributed by atoms with Gasteiger partial charge in [-0.15, -0.1) is 11.3 Å². The number of nitrogens with zero attached hydrogens (tertiary/aromatic N) is 2. The maximum absolute atomic E-state index is 11.7. The Morgan fingerprint density at radius 2 is 0.692 bits per heavy atom. The quantitative estimate of drug-likeness (QED) is 0.101. The fourth-order valence-electron chi connectivity index (χ4n) is 8.34. The maximum atomic E-state index is 11.7. The fraction of sp³-hybridized carbons (Fsp3) is 0.138. The van der Waals surface area contributed by atoms with E-state index in [-0.39, 0.29) is 11.9 Å². The van der Waals surface area contributed by atoms with Crippen LogP contribution < -0.4 is 9.80 Å². The summed E-state index contributed by atoms with van der Waals surface area (Å²) in [6, 6.07) is 65.3. The number of methoxy groups -OCH3 is 2. The number of aryl methyl sites for hydroxylation is 4. The van der Waals surface area contributed by atoms with Crippen molar-refractivity contribution < 1.29 is 19.1 Å². The summed E-state index contributed by atoms with van der Waals surface area (Å²) in [7, 11) is 2.86. The van der Waals surface area contributed by atoms with Gasteiger partial charge < -0.3 is 19.3 Å².